The maximum absolute atomic E-state index is 12.1. The van der Waals surface area contributed by atoms with E-state index in [0.29, 0.717) is 10.6 Å². The highest BCUT2D eigenvalue weighted by molar-refractivity contribution is 7.89. The predicted molar refractivity (Wildman–Crippen MR) is 83.0 cm³/mol. The molecule has 3 rings (SSSR count). The van der Waals surface area contributed by atoms with E-state index in [2.05, 4.69) is 19.9 Å². The third kappa shape index (κ3) is 3.73. The Morgan fingerprint density at radius 1 is 1.13 bits per heavy atom. The van der Waals surface area contributed by atoms with Crippen LogP contribution in [0.1, 0.15) is 5.89 Å². The lowest BCUT2D eigenvalue weighted by Crippen LogP contribution is -2.23. The van der Waals surface area contributed by atoms with Gasteiger partial charge in [-0.05, 0) is 36.4 Å². The number of hydrogen-bond donors (Lipinski definition) is 1. The Bertz CT molecular complexity index is 895. The van der Waals surface area contributed by atoms with Crippen LogP contribution in [0.5, 0.6) is 0 Å². The zero-order valence-electron chi connectivity index (χ0n) is 11.7. The Balaban J connectivity index is 1.71. The van der Waals surface area contributed by atoms with Crippen LogP contribution in [0.3, 0.4) is 0 Å². The van der Waals surface area contributed by atoms with Crippen molar-refractivity contribution >= 4 is 21.6 Å². The fourth-order valence-electron chi connectivity index (χ4n) is 1.78. The van der Waals surface area contributed by atoms with Crippen LogP contribution < -0.4 is 4.72 Å². The van der Waals surface area contributed by atoms with Gasteiger partial charge in [0.1, 0.15) is 0 Å². The SMILES string of the molecule is O=S(=O)(NCc1nnc(-c2cccnc2)o1)c1ccc(Cl)cc1. The van der Waals surface area contributed by atoms with Crippen LogP contribution in [0, 0.1) is 0 Å². The number of sulfonamides is 1. The Kier molecular flexibility index (Phi) is 4.37. The van der Waals surface area contributed by atoms with Gasteiger partial charge in [0.15, 0.2) is 0 Å². The van der Waals surface area contributed by atoms with Crippen molar-refractivity contribution in [2.75, 3.05) is 0 Å². The topological polar surface area (TPSA) is 98.0 Å². The van der Waals surface area contributed by atoms with E-state index in [0.717, 1.165) is 0 Å². The molecule has 0 radical (unpaired) electrons. The molecule has 1 N–H and O–H groups in total. The van der Waals surface area contributed by atoms with Crippen molar-refractivity contribution in [3.8, 4) is 11.5 Å². The van der Waals surface area contributed by atoms with E-state index in [1.807, 2.05) is 0 Å². The van der Waals surface area contributed by atoms with Gasteiger partial charge in [-0.3, -0.25) is 4.98 Å². The molecule has 0 bridgehead atoms. The zero-order chi connectivity index (χ0) is 16.3. The van der Waals surface area contributed by atoms with E-state index in [1.165, 1.54) is 24.3 Å². The first kappa shape index (κ1) is 15.6. The summed E-state index contributed by atoms with van der Waals surface area (Å²) >= 11 is 5.74. The average Bonchev–Trinajstić information content (AvgIpc) is 3.03. The molecule has 1 aromatic carbocycles. The second-order valence-electron chi connectivity index (χ2n) is 4.52. The van der Waals surface area contributed by atoms with Crippen LogP contribution >= 0.6 is 11.6 Å². The highest BCUT2D eigenvalue weighted by atomic mass is 35.5. The summed E-state index contributed by atoms with van der Waals surface area (Å²) in [7, 11) is -3.68. The summed E-state index contributed by atoms with van der Waals surface area (Å²) in [5.74, 6) is 0.431. The van der Waals surface area contributed by atoms with E-state index < -0.39 is 10.0 Å². The number of nitrogens with zero attached hydrogens (tertiary/aromatic N) is 3. The fraction of sp³-hybridized carbons (Fsp3) is 0.0714. The number of hydrogen-bond acceptors (Lipinski definition) is 6. The Hall–Kier alpha value is -2.29. The van der Waals surface area contributed by atoms with Gasteiger partial charge in [-0.25, -0.2) is 13.1 Å². The molecule has 7 nitrogen and oxygen atoms in total. The standard InChI is InChI=1S/C14H11ClN4O3S/c15-11-3-5-12(6-4-11)23(20,21)17-9-13-18-19-14(22-13)10-2-1-7-16-8-10/h1-8,17H,9H2. The lowest BCUT2D eigenvalue weighted by atomic mass is 10.3. The van der Waals surface area contributed by atoms with Gasteiger partial charge in [0.2, 0.25) is 21.8 Å². The molecule has 3 aromatic rings. The van der Waals surface area contributed by atoms with Gasteiger partial charge in [0.05, 0.1) is 17.0 Å². The van der Waals surface area contributed by atoms with Gasteiger partial charge >= 0.3 is 0 Å². The maximum atomic E-state index is 12.1. The van der Waals surface area contributed by atoms with Crippen LogP contribution in [-0.2, 0) is 16.6 Å². The number of aromatic nitrogens is 3. The summed E-state index contributed by atoms with van der Waals surface area (Å²) in [6.45, 7) is -0.113. The lowest BCUT2D eigenvalue weighted by molar-refractivity contribution is 0.494. The number of halogens is 1. The summed E-state index contributed by atoms with van der Waals surface area (Å²) in [5.41, 5.74) is 0.659. The maximum Gasteiger partial charge on any atom is 0.249 e. The summed E-state index contributed by atoms with van der Waals surface area (Å²) in [6, 6.07) is 9.34. The second kappa shape index (κ2) is 6.45. The minimum atomic E-state index is -3.68. The number of nitrogens with one attached hydrogen (secondary N) is 1. The molecule has 0 unspecified atom stereocenters. The largest absolute Gasteiger partial charge is 0.419 e. The molecule has 2 heterocycles. The smallest absolute Gasteiger partial charge is 0.249 e. The van der Waals surface area contributed by atoms with Crippen LogP contribution in [0.2, 0.25) is 5.02 Å². The van der Waals surface area contributed by atoms with E-state index >= 15 is 0 Å². The molecule has 0 aliphatic rings. The summed E-state index contributed by atoms with van der Waals surface area (Å²) in [5, 5.41) is 8.13. The van der Waals surface area contributed by atoms with E-state index in [1.54, 1.807) is 24.5 Å². The molecule has 0 spiro atoms. The molecule has 0 saturated carbocycles. The van der Waals surface area contributed by atoms with E-state index in [-0.39, 0.29) is 23.2 Å². The van der Waals surface area contributed by atoms with Crippen LogP contribution in [0.15, 0.2) is 58.1 Å². The Morgan fingerprint density at radius 2 is 1.91 bits per heavy atom. The third-order valence-corrected chi connectivity index (χ3v) is 4.58. The highest BCUT2D eigenvalue weighted by Crippen LogP contribution is 2.17. The summed E-state index contributed by atoms with van der Waals surface area (Å²) in [6.07, 6.45) is 3.20. The molecule has 9 heteroatoms. The van der Waals surface area contributed by atoms with Crippen LogP contribution in [0.4, 0.5) is 0 Å². The van der Waals surface area contributed by atoms with Crippen LogP contribution in [0.25, 0.3) is 11.5 Å². The molecule has 0 fully saturated rings. The van der Waals surface area contributed by atoms with Gasteiger partial charge in [0, 0.05) is 17.4 Å². The molecule has 0 aliphatic heterocycles. The molecule has 0 saturated heterocycles. The minimum absolute atomic E-state index is 0.105. The summed E-state index contributed by atoms with van der Waals surface area (Å²) in [4.78, 5) is 4.06. The normalized spacial score (nSPS) is 11.5. The van der Waals surface area contributed by atoms with Gasteiger partial charge < -0.3 is 4.42 Å². The molecule has 0 atom stereocenters. The van der Waals surface area contributed by atoms with Gasteiger partial charge in [-0.2, -0.15) is 0 Å². The first-order valence-corrected chi connectivity index (χ1v) is 8.39. The lowest BCUT2D eigenvalue weighted by Gasteiger charge is -2.04. The number of pyridine rings is 1. The Labute approximate surface area is 137 Å². The quantitative estimate of drug-likeness (QED) is 0.758. The predicted octanol–water partition coefficient (Wildman–Crippen LogP) is 2.26. The van der Waals surface area contributed by atoms with Gasteiger partial charge in [-0.15, -0.1) is 10.2 Å². The number of rotatable bonds is 5. The zero-order valence-corrected chi connectivity index (χ0v) is 13.3. The van der Waals surface area contributed by atoms with Crippen molar-refractivity contribution in [3.05, 3.63) is 59.7 Å². The molecular weight excluding hydrogens is 340 g/mol. The summed E-state index contributed by atoms with van der Waals surface area (Å²) < 4.78 is 32.1. The first-order chi connectivity index (χ1) is 11.0. The van der Waals surface area contributed by atoms with Crippen LogP contribution in [-0.4, -0.2) is 23.6 Å². The van der Waals surface area contributed by atoms with Crippen molar-refractivity contribution in [1.82, 2.24) is 19.9 Å². The van der Waals surface area contributed by atoms with E-state index in [4.69, 9.17) is 16.0 Å². The Morgan fingerprint density at radius 3 is 2.61 bits per heavy atom. The molecule has 2 aromatic heterocycles. The molecule has 23 heavy (non-hydrogen) atoms. The molecule has 0 aliphatic carbocycles. The molecular formula is C14H11ClN4O3S. The van der Waals surface area contributed by atoms with Gasteiger partial charge in [0.25, 0.3) is 0 Å². The highest BCUT2D eigenvalue weighted by Gasteiger charge is 2.16. The molecule has 0 amide bonds. The van der Waals surface area contributed by atoms with Crippen molar-refractivity contribution in [2.24, 2.45) is 0 Å². The monoisotopic (exact) mass is 350 g/mol. The fourth-order valence-corrected chi connectivity index (χ4v) is 2.89. The van der Waals surface area contributed by atoms with E-state index in [9.17, 15) is 8.42 Å². The van der Waals surface area contributed by atoms with Crippen molar-refractivity contribution in [3.63, 3.8) is 0 Å². The average molecular weight is 351 g/mol. The number of benzene rings is 1. The third-order valence-electron chi connectivity index (χ3n) is 2.91. The molecule has 118 valence electrons. The van der Waals surface area contributed by atoms with Crippen molar-refractivity contribution in [2.45, 2.75) is 11.4 Å². The first-order valence-electron chi connectivity index (χ1n) is 6.52. The second-order valence-corrected chi connectivity index (χ2v) is 6.72. The van der Waals surface area contributed by atoms with Gasteiger partial charge in [-0.1, -0.05) is 11.6 Å². The van der Waals surface area contributed by atoms with Crippen molar-refractivity contribution < 1.29 is 12.8 Å². The van der Waals surface area contributed by atoms with Crippen molar-refractivity contribution in [1.29, 1.82) is 0 Å². The minimum Gasteiger partial charge on any atom is -0.419 e.